The Morgan fingerprint density at radius 3 is 2.65 bits per heavy atom. The third-order valence-electron chi connectivity index (χ3n) is 5.42. The second-order valence-electron chi connectivity index (χ2n) is 7.13. The molecule has 1 aromatic heterocycles. The molecule has 148 valence electrons. The molecule has 2 N–H and O–H groups in total. The molecule has 2 fully saturated rings. The van der Waals surface area contributed by atoms with Crippen molar-refractivity contribution in [3.63, 3.8) is 0 Å². The van der Waals surface area contributed by atoms with E-state index in [4.69, 9.17) is 0 Å². The SMILES string of the molecule is CC1CCNCC1NC(=O)C1CCC(=O)N(C)C1c1cnn(C)c1.Cl.Cl. The van der Waals surface area contributed by atoms with Crippen LogP contribution in [0.4, 0.5) is 0 Å². The van der Waals surface area contributed by atoms with E-state index in [1.807, 2.05) is 13.2 Å². The summed E-state index contributed by atoms with van der Waals surface area (Å²) in [7, 11) is 3.63. The summed E-state index contributed by atoms with van der Waals surface area (Å²) in [4.78, 5) is 26.8. The highest BCUT2D eigenvalue weighted by molar-refractivity contribution is 5.86. The number of nitrogens with one attached hydrogen (secondary N) is 2. The highest BCUT2D eigenvalue weighted by Crippen LogP contribution is 2.35. The van der Waals surface area contributed by atoms with Crippen molar-refractivity contribution in [3.05, 3.63) is 18.0 Å². The van der Waals surface area contributed by atoms with Gasteiger partial charge in [0, 0.05) is 44.9 Å². The number of piperidine rings is 2. The third-order valence-corrected chi connectivity index (χ3v) is 5.42. The number of rotatable bonds is 3. The van der Waals surface area contributed by atoms with Gasteiger partial charge in [-0.15, -0.1) is 24.8 Å². The van der Waals surface area contributed by atoms with E-state index in [-0.39, 0.29) is 54.6 Å². The van der Waals surface area contributed by atoms with Crippen LogP contribution in [0, 0.1) is 11.8 Å². The highest BCUT2D eigenvalue weighted by atomic mass is 35.5. The maximum Gasteiger partial charge on any atom is 0.225 e. The number of hydrogen-bond donors (Lipinski definition) is 2. The van der Waals surface area contributed by atoms with Crippen molar-refractivity contribution >= 4 is 36.6 Å². The minimum absolute atomic E-state index is 0. The lowest BCUT2D eigenvalue weighted by Crippen LogP contribution is -2.54. The average molecular weight is 406 g/mol. The fraction of sp³-hybridized carbons (Fsp3) is 0.706. The molecular formula is C17H29Cl2N5O2. The van der Waals surface area contributed by atoms with Gasteiger partial charge in [0.25, 0.3) is 0 Å². The van der Waals surface area contributed by atoms with Crippen LogP contribution in [0.1, 0.15) is 37.8 Å². The van der Waals surface area contributed by atoms with Crippen molar-refractivity contribution < 1.29 is 9.59 Å². The minimum Gasteiger partial charge on any atom is -0.352 e. The molecule has 0 spiro atoms. The molecule has 2 saturated heterocycles. The molecule has 0 saturated carbocycles. The van der Waals surface area contributed by atoms with Crippen LogP contribution in [0.2, 0.25) is 0 Å². The number of likely N-dealkylation sites (tertiary alicyclic amines) is 1. The van der Waals surface area contributed by atoms with Crippen molar-refractivity contribution in [2.45, 2.75) is 38.3 Å². The number of hydrogen-bond acceptors (Lipinski definition) is 4. The molecule has 2 aliphatic heterocycles. The topological polar surface area (TPSA) is 79.3 Å². The minimum atomic E-state index is -0.244. The smallest absolute Gasteiger partial charge is 0.225 e. The Labute approximate surface area is 167 Å². The van der Waals surface area contributed by atoms with Crippen LogP contribution in [-0.4, -0.2) is 52.7 Å². The summed E-state index contributed by atoms with van der Waals surface area (Å²) >= 11 is 0. The molecule has 4 atom stereocenters. The van der Waals surface area contributed by atoms with Crippen LogP contribution >= 0.6 is 24.8 Å². The van der Waals surface area contributed by atoms with E-state index in [0.717, 1.165) is 25.1 Å². The lowest BCUT2D eigenvalue weighted by atomic mass is 9.84. The zero-order chi connectivity index (χ0) is 17.3. The molecule has 7 nitrogen and oxygen atoms in total. The van der Waals surface area contributed by atoms with Crippen LogP contribution in [0.15, 0.2) is 12.4 Å². The van der Waals surface area contributed by atoms with Gasteiger partial charge in [0.05, 0.1) is 18.2 Å². The summed E-state index contributed by atoms with van der Waals surface area (Å²) in [6.07, 6.45) is 5.72. The zero-order valence-corrected chi connectivity index (χ0v) is 17.1. The van der Waals surface area contributed by atoms with Gasteiger partial charge in [-0.25, -0.2) is 0 Å². The number of aryl methyl sites for hydroxylation is 1. The quantitative estimate of drug-likeness (QED) is 0.793. The predicted molar refractivity (Wildman–Crippen MR) is 105 cm³/mol. The van der Waals surface area contributed by atoms with Crippen LogP contribution in [-0.2, 0) is 16.6 Å². The molecule has 2 aliphatic rings. The summed E-state index contributed by atoms with van der Waals surface area (Å²) in [5, 5.41) is 10.8. The second-order valence-corrected chi connectivity index (χ2v) is 7.13. The maximum atomic E-state index is 13.0. The fourth-order valence-corrected chi connectivity index (χ4v) is 3.83. The van der Waals surface area contributed by atoms with Crippen LogP contribution < -0.4 is 10.6 Å². The molecule has 0 aromatic carbocycles. The van der Waals surface area contributed by atoms with E-state index in [1.165, 1.54) is 0 Å². The van der Waals surface area contributed by atoms with Crippen molar-refractivity contribution in [1.82, 2.24) is 25.3 Å². The second kappa shape index (κ2) is 9.58. The number of carbonyl (C=O) groups is 2. The Hall–Kier alpha value is -1.31. The largest absolute Gasteiger partial charge is 0.352 e. The molecule has 2 amide bonds. The Kier molecular flexibility index (Phi) is 8.37. The summed E-state index contributed by atoms with van der Waals surface area (Å²) in [6.45, 7) is 4.00. The Bertz CT molecular complexity index is 624. The van der Waals surface area contributed by atoms with E-state index in [9.17, 15) is 9.59 Å². The van der Waals surface area contributed by atoms with E-state index in [0.29, 0.717) is 18.8 Å². The number of aromatic nitrogens is 2. The predicted octanol–water partition coefficient (Wildman–Crippen LogP) is 1.29. The normalized spacial score (nSPS) is 28.7. The lowest BCUT2D eigenvalue weighted by Gasteiger charge is -2.39. The highest BCUT2D eigenvalue weighted by Gasteiger charge is 2.40. The number of halogens is 2. The van der Waals surface area contributed by atoms with Gasteiger partial charge in [-0.2, -0.15) is 5.10 Å². The molecule has 9 heteroatoms. The Balaban J connectivity index is 0.00000169. The van der Waals surface area contributed by atoms with Crippen LogP contribution in [0.3, 0.4) is 0 Å². The summed E-state index contributed by atoms with van der Waals surface area (Å²) in [6, 6.07) is -0.0875. The molecule has 1 aromatic rings. The summed E-state index contributed by atoms with van der Waals surface area (Å²) in [5.74, 6) is 0.366. The first-order chi connectivity index (χ1) is 11.5. The molecule has 3 heterocycles. The zero-order valence-electron chi connectivity index (χ0n) is 15.5. The first kappa shape index (κ1) is 22.7. The summed E-state index contributed by atoms with van der Waals surface area (Å²) in [5.41, 5.74) is 0.919. The first-order valence-corrected chi connectivity index (χ1v) is 8.72. The van der Waals surface area contributed by atoms with Gasteiger partial charge >= 0.3 is 0 Å². The van der Waals surface area contributed by atoms with Gasteiger partial charge in [0.1, 0.15) is 0 Å². The number of nitrogens with zero attached hydrogens (tertiary/aromatic N) is 3. The van der Waals surface area contributed by atoms with Crippen LogP contribution in [0.5, 0.6) is 0 Å². The summed E-state index contributed by atoms with van der Waals surface area (Å²) < 4.78 is 1.71. The molecular weight excluding hydrogens is 377 g/mol. The van der Waals surface area contributed by atoms with Crippen molar-refractivity contribution in [2.24, 2.45) is 18.9 Å². The molecule has 0 radical (unpaired) electrons. The van der Waals surface area contributed by atoms with Crippen molar-refractivity contribution in [1.29, 1.82) is 0 Å². The first-order valence-electron chi connectivity index (χ1n) is 8.72. The fourth-order valence-electron chi connectivity index (χ4n) is 3.83. The standard InChI is InChI=1S/C17H27N5O2.2ClH/c1-11-6-7-18-9-14(11)20-17(24)13-4-5-15(23)22(3)16(13)12-8-19-21(2)10-12;;/h8,10-11,13-14,16,18H,4-7,9H2,1-3H3,(H,20,24);2*1H. The number of carbonyl (C=O) groups excluding carboxylic acids is 2. The molecule has 4 unspecified atom stereocenters. The van der Waals surface area contributed by atoms with Gasteiger partial charge in [0.2, 0.25) is 11.8 Å². The van der Waals surface area contributed by atoms with Crippen LogP contribution in [0.25, 0.3) is 0 Å². The van der Waals surface area contributed by atoms with Gasteiger partial charge in [0.15, 0.2) is 0 Å². The van der Waals surface area contributed by atoms with Gasteiger partial charge < -0.3 is 15.5 Å². The van der Waals surface area contributed by atoms with E-state index < -0.39 is 0 Å². The lowest BCUT2D eigenvalue weighted by molar-refractivity contribution is -0.142. The monoisotopic (exact) mass is 405 g/mol. The van der Waals surface area contributed by atoms with E-state index >= 15 is 0 Å². The number of amides is 2. The average Bonchev–Trinajstić information content (AvgIpc) is 2.98. The van der Waals surface area contributed by atoms with Crippen molar-refractivity contribution in [3.8, 4) is 0 Å². The Morgan fingerprint density at radius 1 is 1.31 bits per heavy atom. The molecule has 0 aliphatic carbocycles. The molecule has 3 rings (SSSR count). The van der Waals surface area contributed by atoms with Gasteiger partial charge in [-0.05, 0) is 25.3 Å². The molecule has 26 heavy (non-hydrogen) atoms. The van der Waals surface area contributed by atoms with Gasteiger partial charge in [-0.1, -0.05) is 6.92 Å². The maximum absolute atomic E-state index is 13.0. The Morgan fingerprint density at radius 2 is 2.04 bits per heavy atom. The van der Waals surface area contributed by atoms with Crippen molar-refractivity contribution in [2.75, 3.05) is 20.1 Å². The third kappa shape index (κ3) is 4.69. The van der Waals surface area contributed by atoms with E-state index in [2.05, 4.69) is 22.7 Å². The van der Waals surface area contributed by atoms with E-state index in [1.54, 1.807) is 22.8 Å². The molecule has 0 bridgehead atoms. The van der Waals surface area contributed by atoms with Gasteiger partial charge in [-0.3, -0.25) is 14.3 Å².